The Kier molecular flexibility index (Phi) is 8.04. The SMILES string of the molecule is CC(C)CSc1nnc(NC(=O)CN(Cc2ccccc2Cl)S(C)(=O)=O)s1. The van der Waals surface area contributed by atoms with Crippen LogP contribution in [0.25, 0.3) is 0 Å². The second-order valence-corrected chi connectivity index (χ2v) is 10.9. The molecule has 1 aromatic heterocycles. The molecule has 27 heavy (non-hydrogen) atoms. The van der Waals surface area contributed by atoms with Gasteiger partial charge >= 0.3 is 0 Å². The van der Waals surface area contributed by atoms with Crippen molar-refractivity contribution in [2.24, 2.45) is 5.92 Å². The molecule has 0 saturated carbocycles. The number of anilines is 1. The summed E-state index contributed by atoms with van der Waals surface area (Å²) in [5.41, 5.74) is 0.626. The Bertz CT molecular complexity index is 887. The third-order valence-corrected chi connectivity index (χ3v) is 7.25. The second-order valence-electron chi connectivity index (χ2n) is 6.25. The number of hydrogen-bond donors (Lipinski definition) is 1. The van der Waals surface area contributed by atoms with Gasteiger partial charge in [-0.05, 0) is 17.5 Å². The summed E-state index contributed by atoms with van der Waals surface area (Å²) in [6, 6.07) is 6.92. The molecule has 11 heteroatoms. The second kappa shape index (κ2) is 9.83. The minimum absolute atomic E-state index is 0.0114. The number of carbonyl (C=O) groups is 1. The first-order chi connectivity index (χ1) is 12.6. The normalized spacial score (nSPS) is 11.9. The van der Waals surface area contributed by atoms with Crippen molar-refractivity contribution in [2.75, 3.05) is 23.9 Å². The summed E-state index contributed by atoms with van der Waals surface area (Å²) in [5.74, 6) is 0.941. The lowest BCUT2D eigenvalue weighted by atomic mass is 10.2. The molecule has 1 amide bonds. The summed E-state index contributed by atoms with van der Waals surface area (Å²) in [6.45, 7) is 3.89. The molecular weight excluding hydrogens is 428 g/mol. The standard InChI is InChI=1S/C16H21ClN4O3S3/c1-11(2)10-25-16-20-19-15(26-16)18-14(22)9-21(27(3,23)24)8-12-6-4-5-7-13(12)17/h4-7,11H,8-10H2,1-3H3,(H,18,19,22). The average molecular weight is 449 g/mol. The molecule has 0 unspecified atom stereocenters. The van der Waals surface area contributed by atoms with Crippen LogP contribution in [0.2, 0.25) is 5.02 Å². The number of nitrogens with zero attached hydrogens (tertiary/aromatic N) is 3. The molecule has 0 aliphatic heterocycles. The highest BCUT2D eigenvalue weighted by atomic mass is 35.5. The summed E-state index contributed by atoms with van der Waals surface area (Å²) in [5, 5.41) is 11.3. The predicted octanol–water partition coefficient (Wildman–Crippen LogP) is 3.34. The van der Waals surface area contributed by atoms with E-state index in [1.54, 1.807) is 36.0 Å². The van der Waals surface area contributed by atoms with Crippen molar-refractivity contribution in [1.29, 1.82) is 0 Å². The molecule has 0 atom stereocenters. The van der Waals surface area contributed by atoms with Gasteiger partial charge in [0, 0.05) is 17.3 Å². The molecule has 0 spiro atoms. The maximum absolute atomic E-state index is 12.3. The highest BCUT2D eigenvalue weighted by molar-refractivity contribution is 8.01. The Hall–Kier alpha value is -1.20. The first kappa shape index (κ1) is 22.1. The predicted molar refractivity (Wildman–Crippen MR) is 111 cm³/mol. The van der Waals surface area contributed by atoms with E-state index >= 15 is 0 Å². The number of halogens is 1. The maximum atomic E-state index is 12.3. The van der Waals surface area contributed by atoms with Gasteiger partial charge in [-0.2, -0.15) is 4.31 Å². The lowest BCUT2D eigenvalue weighted by Crippen LogP contribution is -2.37. The summed E-state index contributed by atoms with van der Waals surface area (Å²) in [7, 11) is -3.60. The Balaban J connectivity index is 2.01. The number of sulfonamides is 1. The van der Waals surface area contributed by atoms with E-state index < -0.39 is 15.9 Å². The van der Waals surface area contributed by atoms with Crippen LogP contribution in [-0.4, -0.2) is 47.4 Å². The van der Waals surface area contributed by atoms with Crippen LogP contribution in [0.4, 0.5) is 5.13 Å². The molecule has 0 aliphatic carbocycles. The summed E-state index contributed by atoms with van der Waals surface area (Å²) >= 11 is 8.93. The number of aromatic nitrogens is 2. The monoisotopic (exact) mass is 448 g/mol. The molecule has 0 fully saturated rings. The number of amides is 1. The Labute approximate surface area is 172 Å². The first-order valence-corrected chi connectivity index (χ1v) is 12.1. The third kappa shape index (κ3) is 7.38. The van der Waals surface area contributed by atoms with Gasteiger partial charge in [0.05, 0.1) is 12.8 Å². The zero-order chi connectivity index (χ0) is 20.0. The van der Waals surface area contributed by atoms with Gasteiger partial charge in [-0.15, -0.1) is 10.2 Å². The van der Waals surface area contributed by atoms with E-state index in [-0.39, 0.29) is 13.1 Å². The number of rotatable bonds is 9. The van der Waals surface area contributed by atoms with Gasteiger partial charge in [-0.25, -0.2) is 8.42 Å². The minimum Gasteiger partial charge on any atom is -0.299 e. The van der Waals surface area contributed by atoms with Crippen LogP contribution in [0, 0.1) is 5.92 Å². The van der Waals surface area contributed by atoms with E-state index in [4.69, 9.17) is 11.6 Å². The Morgan fingerprint density at radius 2 is 2.04 bits per heavy atom. The van der Waals surface area contributed by atoms with Gasteiger partial charge in [0.15, 0.2) is 4.34 Å². The molecule has 1 N–H and O–H groups in total. The van der Waals surface area contributed by atoms with Crippen molar-refractivity contribution < 1.29 is 13.2 Å². The number of benzene rings is 1. The van der Waals surface area contributed by atoms with E-state index in [2.05, 4.69) is 29.4 Å². The molecule has 2 rings (SSSR count). The first-order valence-electron chi connectivity index (χ1n) is 8.10. The highest BCUT2D eigenvalue weighted by Crippen LogP contribution is 2.27. The van der Waals surface area contributed by atoms with Crippen LogP contribution in [0.3, 0.4) is 0 Å². The largest absolute Gasteiger partial charge is 0.299 e. The third-order valence-electron chi connectivity index (χ3n) is 3.29. The van der Waals surface area contributed by atoms with Gasteiger partial charge in [-0.1, -0.05) is 66.7 Å². The highest BCUT2D eigenvalue weighted by Gasteiger charge is 2.22. The average Bonchev–Trinajstić information content (AvgIpc) is 3.00. The van der Waals surface area contributed by atoms with Crippen LogP contribution in [0.5, 0.6) is 0 Å². The topological polar surface area (TPSA) is 92.3 Å². The molecule has 1 aromatic carbocycles. The summed E-state index contributed by atoms with van der Waals surface area (Å²) < 4.78 is 26.0. The molecule has 0 saturated heterocycles. The lowest BCUT2D eigenvalue weighted by Gasteiger charge is -2.19. The quantitative estimate of drug-likeness (QED) is 0.467. The number of carbonyl (C=O) groups excluding carboxylic acids is 1. The molecule has 0 aliphatic rings. The molecular formula is C16H21ClN4O3S3. The molecule has 1 heterocycles. The van der Waals surface area contributed by atoms with Gasteiger partial charge in [0.1, 0.15) is 0 Å². The van der Waals surface area contributed by atoms with Crippen LogP contribution >= 0.6 is 34.7 Å². The van der Waals surface area contributed by atoms with Gasteiger partial charge in [-0.3, -0.25) is 10.1 Å². The van der Waals surface area contributed by atoms with Crippen LogP contribution < -0.4 is 5.32 Å². The van der Waals surface area contributed by atoms with Crippen LogP contribution in [0.15, 0.2) is 28.6 Å². The van der Waals surface area contributed by atoms with Crippen LogP contribution in [-0.2, 0) is 21.4 Å². The maximum Gasteiger partial charge on any atom is 0.241 e. The molecule has 0 radical (unpaired) electrons. The Morgan fingerprint density at radius 3 is 2.67 bits per heavy atom. The fourth-order valence-electron chi connectivity index (χ4n) is 1.98. The van der Waals surface area contributed by atoms with Crippen LogP contribution in [0.1, 0.15) is 19.4 Å². The van der Waals surface area contributed by atoms with E-state index in [1.165, 1.54) is 11.3 Å². The molecule has 0 bridgehead atoms. The lowest BCUT2D eigenvalue weighted by molar-refractivity contribution is -0.116. The number of nitrogens with one attached hydrogen (secondary N) is 1. The van der Waals surface area contributed by atoms with E-state index in [9.17, 15) is 13.2 Å². The minimum atomic E-state index is -3.60. The molecule has 2 aromatic rings. The fraction of sp³-hybridized carbons (Fsp3) is 0.438. The summed E-state index contributed by atoms with van der Waals surface area (Å²) in [4.78, 5) is 12.3. The smallest absolute Gasteiger partial charge is 0.241 e. The van der Waals surface area contributed by atoms with Crippen molar-refractivity contribution in [3.8, 4) is 0 Å². The van der Waals surface area contributed by atoms with Gasteiger partial charge in [0.2, 0.25) is 21.1 Å². The molecule has 7 nitrogen and oxygen atoms in total. The van der Waals surface area contributed by atoms with Crippen molar-refractivity contribution in [3.63, 3.8) is 0 Å². The van der Waals surface area contributed by atoms with Crippen molar-refractivity contribution in [3.05, 3.63) is 34.9 Å². The van der Waals surface area contributed by atoms with Gasteiger partial charge < -0.3 is 0 Å². The van der Waals surface area contributed by atoms with Gasteiger partial charge in [0.25, 0.3) is 0 Å². The van der Waals surface area contributed by atoms with E-state index in [0.29, 0.717) is 21.6 Å². The Morgan fingerprint density at radius 1 is 1.33 bits per heavy atom. The zero-order valence-electron chi connectivity index (χ0n) is 15.2. The number of thioether (sulfide) groups is 1. The van der Waals surface area contributed by atoms with Crippen molar-refractivity contribution >= 4 is 55.8 Å². The molecule has 148 valence electrons. The van der Waals surface area contributed by atoms with E-state index in [0.717, 1.165) is 20.7 Å². The number of hydrogen-bond acceptors (Lipinski definition) is 7. The zero-order valence-corrected chi connectivity index (χ0v) is 18.4. The fourth-order valence-corrected chi connectivity index (χ4v) is 4.65. The van der Waals surface area contributed by atoms with Crippen molar-refractivity contribution in [1.82, 2.24) is 14.5 Å². The van der Waals surface area contributed by atoms with E-state index in [1.807, 2.05) is 0 Å². The summed E-state index contributed by atoms with van der Waals surface area (Å²) in [6.07, 6.45) is 1.06. The van der Waals surface area contributed by atoms with Crippen molar-refractivity contribution in [2.45, 2.75) is 24.7 Å².